The topological polar surface area (TPSA) is 105 Å². The van der Waals surface area contributed by atoms with Crippen LogP contribution in [0.4, 0.5) is 5.95 Å². The van der Waals surface area contributed by atoms with Crippen LogP contribution in [0.25, 0.3) is 22.0 Å². The van der Waals surface area contributed by atoms with Gasteiger partial charge in [0.1, 0.15) is 5.75 Å². The quantitative estimate of drug-likeness (QED) is 0.471. The van der Waals surface area contributed by atoms with Gasteiger partial charge in [-0.3, -0.25) is 9.59 Å². The van der Waals surface area contributed by atoms with Gasteiger partial charge in [0.2, 0.25) is 5.95 Å². The number of hydrogen-bond acceptors (Lipinski definition) is 6. The molecule has 0 bridgehead atoms. The number of anilines is 1. The Morgan fingerprint density at radius 1 is 1.15 bits per heavy atom. The molecule has 1 aliphatic rings. The van der Waals surface area contributed by atoms with Crippen LogP contribution in [0.1, 0.15) is 36.5 Å². The predicted molar refractivity (Wildman–Crippen MR) is 132 cm³/mol. The molecule has 1 fully saturated rings. The second kappa shape index (κ2) is 10.2. The van der Waals surface area contributed by atoms with Gasteiger partial charge in [0.05, 0.1) is 12.6 Å². The van der Waals surface area contributed by atoms with E-state index in [1.165, 1.54) is 0 Å². The molecule has 1 heterocycles. The first kappa shape index (κ1) is 23.1. The largest absolute Gasteiger partial charge is 0.497 e. The average Bonchev–Trinajstić information content (AvgIpc) is 3.29. The van der Waals surface area contributed by atoms with Crippen molar-refractivity contribution < 1.29 is 14.3 Å². The van der Waals surface area contributed by atoms with E-state index < -0.39 is 5.91 Å². The van der Waals surface area contributed by atoms with E-state index in [2.05, 4.69) is 31.8 Å². The van der Waals surface area contributed by atoms with E-state index in [1.807, 2.05) is 37.3 Å². The monoisotopic (exact) mass is 457 g/mol. The Morgan fingerprint density at radius 2 is 1.97 bits per heavy atom. The first-order chi connectivity index (χ1) is 16.5. The highest BCUT2D eigenvalue weighted by Gasteiger charge is 2.28. The lowest BCUT2D eigenvalue weighted by Crippen LogP contribution is -2.43. The first-order valence-corrected chi connectivity index (χ1v) is 11.3. The van der Waals surface area contributed by atoms with Crippen molar-refractivity contribution in [1.82, 2.24) is 20.6 Å². The zero-order chi connectivity index (χ0) is 24.1. The number of rotatable bonds is 7. The maximum absolute atomic E-state index is 12.4. The zero-order valence-corrected chi connectivity index (χ0v) is 19.2. The SMILES string of the molecule is C#CC(=O)N[C@H]1CCC[C@H]1Nc1ncc2cc(-c3cc(OC)cc(C(=O)NCC)c3)ccc2n1. The molecule has 3 N–H and O–H groups in total. The number of nitrogens with one attached hydrogen (secondary N) is 3. The number of aromatic nitrogens is 2. The summed E-state index contributed by atoms with van der Waals surface area (Å²) in [7, 11) is 1.58. The minimum absolute atomic E-state index is 0.0264. The van der Waals surface area contributed by atoms with E-state index >= 15 is 0 Å². The van der Waals surface area contributed by atoms with Crippen molar-refractivity contribution >= 4 is 28.7 Å². The van der Waals surface area contributed by atoms with Crippen LogP contribution in [0.3, 0.4) is 0 Å². The van der Waals surface area contributed by atoms with E-state index in [-0.39, 0.29) is 18.0 Å². The van der Waals surface area contributed by atoms with E-state index in [9.17, 15) is 9.59 Å². The van der Waals surface area contributed by atoms with E-state index in [4.69, 9.17) is 11.2 Å². The number of amides is 2. The third-order valence-electron chi connectivity index (χ3n) is 5.93. The number of terminal acetylenes is 1. The summed E-state index contributed by atoms with van der Waals surface area (Å²) in [6.45, 7) is 2.43. The fourth-order valence-electron chi connectivity index (χ4n) is 4.24. The van der Waals surface area contributed by atoms with Crippen molar-refractivity contribution in [2.24, 2.45) is 0 Å². The molecular weight excluding hydrogens is 430 g/mol. The standard InChI is InChI=1S/C26H27N5O3/c1-4-24(32)29-22-7-6-8-23(22)31-26-28-15-19-11-16(9-10-21(19)30-26)17-12-18(25(33)27-5-2)14-20(13-17)34-3/h1,9-15,22-23H,5-8H2,2-3H3,(H,27,33)(H,29,32)(H,28,30,31)/t22-,23+/m0/s1. The first-order valence-electron chi connectivity index (χ1n) is 11.3. The summed E-state index contributed by atoms with van der Waals surface area (Å²) in [5.74, 6) is 2.67. The summed E-state index contributed by atoms with van der Waals surface area (Å²) < 4.78 is 5.40. The van der Waals surface area contributed by atoms with Crippen LogP contribution >= 0.6 is 0 Å². The third-order valence-corrected chi connectivity index (χ3v) is 5.93. The molecule has 8 nitrogen and oxygen atoms in total. The molecule has 3 aromatic rings. The number of hydrogen-bond donors (Lipinski definition) is 3. The molecule has 8 heteroatoms. The Labute approximate surface area is 198 Å². The van der Waals surface area contributed by atoms with Crippen molar-refractivity contribution in [2.75, 3.05) is 19.0 Å². The Balaban J connectivity index is 1.57. The number of methoxy groups -OCH3 is 1. The summed E-state index contributed by atoms with van der Waals surface area (Å²) in [6, 6.07) is 11.3. The molecule has 1 saturated carbocycles. The van der Waals surface area contributed by atoms with Crippen LogP contribution < -0.4 is 20.7 Å². The second-order valence-electron chi connectivity index (χ2n) is 8.18. The van der Waals surface area contributed by atoms with Crippen LogP contribution in [0.5, 0.6) is 5.75 Å². The molecule has 0 spiro atoms. The fraction of sp³-hybridized carbons (Fsp3) is 0.308. The molecule has 1 aromatic heterocycles. The van der Waals surface area contributed by atoms with Crippen molar-refractivity contribution in [2.45, 2.75) is 38.3 Å². The maximum Gasteiger partial charge on any atom is 0.295 e. The lowest BCUT2D eigenvalue weighted by molar-refractivity contribution is -0.116. The van der Waals surface area contributed by atoms with Gasteiger partial charge in [-0.25, -0.2) is 9.97 Å². The Morgan fingerprint density at radius 3 is 2.74 bits per heavy atom. The molecule has 0 unspecified atom stereocenters. The number of carbonyl (C=O) groups excluding carboxylic acids is 2. The van der Waals surface area contributed by atoms with Gasteiger partial charge in [0.25, 0.3) is 11.8 Å². The van der Waals surface area contributed by atoms with Crippen molar-refractivity contribution in [3.63, 3.8) is 0 Å². The normalized spacial score (nSPS) is 17.1. The molecule has 0 radical (unpaired) electrons. The predicted octanol–water partition coefficient (Wildman–Crippen LogP) is 3.14. The van der Waals surface area contributed by atoms with Gasteiger partial charge in [0, 0.05) is 35.8 Å². The van der Waals surface area contributed by atoms with Crippen LogP contribution in [0.15, 0.2) is 42.6 Å². The third kappa shape index (κ3) is 5.09. The van der Waals surface area contributed by atoms with Crippen molar-refractivity contribution in [3.05, 3.63) is 48.2 Å². The Kier molecular flexibility index (Phi) is 6.93. The molecule has 1 aliphatic carbocycles. The average molecular weight is 458 g/mol. The summed E-state index contributed by atoms with van der Waals surface area (Å²) in [5, 5.41) is 9.89. The summed E-state index contributed by atoms with van der Waals surface area (Å²) in [6.07, 6.45) is 9.70. The molecule has 2 atom stereocenters. The summed E-state index contributed by atoms with van der Waals surface area (Å²) >= 11 is 0. The van der Waals surface area contributed by atoms with Gasteiger partial charge >= 0.3 is 0 Å². The van der Waals surface area contributed by atoms with E-state index in [0.29, 0.717) is 23.8 Å². The van der Waals surface area contributed by atoms with Gasteiger partial charge in [-0.2, -0.15) is 0 Å². The lowest BCUT2D eigenvalue weighted by Gasteiger charge is -2.21. The lowest BCUT2D eigenvalue weighted by atomic mass is 10.0. The van der Waals surface area contributed by atoms with Gasteiger partial charge < -0.3 is 20.7 Å². The highest BCUT2D eigenvalue weighted by molar-refractivity contribution is 5.96. The van der Waals surface area contributed by atoms with E-state index in [1.54, 1.807) is 19.4 Å². The maximum atomic E-state index is 12.4. The van der Waals surface area contributed by atoms with Crippen LogP contribution in [-0.2, 0) is 4.79 Å². The van der Waals surface area contributed by atoms with Gasteiger partial charge in [-0.05, 0) is 73.6 Å². The van der Waals surface area contributed by atoms with Crippen LogP contribution in [-0.4, -0.2) is 47.5 Å². The number of benzene rings is 2. The Hall–Kier alpha value is -4.12. The smallest absolute Gasteiger partial charge is 0.295 e. The summed E-state index contributed by atoms with van der Waals surface area (Å²) in [5.41, 5.74) is 3.11. The highest BCUT2D eigenvalue weighted by atomic mass is 16.5. The zero-order valence-electron chi connectivity index (χ0n) is 19.2. The molecule has 2 aromatic carbocycles. The van der Waals surface area contributed by atoms with Crippen LogP contribution in [0.2, 0.25) is 0 Å². The molecule has 2 amide bonds. The fourth-order valence-corrected chi connectivity index (χ4v) is 4.24. The molecule has 0 saturated heterocycles. The number of nitrogens with zero attached hydrogens (tertiary/aromatic N) is 2. The molecule has 0 aliphatic heterocycles. The van der Waals surface area contributed by atoms with Crippen molar-refractivity contribution in [1.29, 1.82) is 0 Å². The van der Waals surface area contributed by atoms with E-state index in [0.717, 1.165) is 41.3 Å². The minimum atomic E-state index is -0.404. The van der Waals surface area contributed by atoms with Gasteiger partial charge in [0.15, 0.2) is 0 Å². The minimum Gasteiger partial charge on any atom is -0.497 e. The van der Waals surface area contributed by atoms with Gasteiger partial charge in [-0.1, -0.05) is 6.07 Å². The number of carbonyl (C=O) groups is 2. The van der Waals surface area contributed by atoms with Crippen LogP contribution in [0, 0.1) is 12.3 Å². The summed E-state index contributed by atoms with van der Waals surface area (Å²) in [4.78, 5) is 33.1. The van der Waals surface area contributed by atoms with Gasteiger partial charge in [-0.15, -0.1) is 6.42 Å². The molecular formula is C26H27N5O3. The molecule has 174 valence electrons. The molecule has 34 heavy (non-hydrogen) atoms. The molecule has 4 rings (SSSR count). The highest BCUT2D eigenvalue weighted by Crippen LogP contribution is 2.29. The number of ether oxygens (including phenoxy) is 1. The Bertz CT molecular complexity index is 1270. The second-order valence-corrected chi connectivity index (χ2v) is 8.18. The number of fused-ring (bicyclic) bond motifs is 1. The van der Waals surface area contributed by atoms with Crippen molar-refractivity contribution in [3.8, 4) is 29.2 Å².